The number of amides is 1. The van der Waals surface area contributed by atoms with Crippen molar-refractivity contribution in [2.45, 2.75) is 71.1 Å². The summed E-state index contributed by atoms with van der Waals surface area (Å²) < 4.78 is 63.9. The highest BCUT2D eigenvalue weighted by Crippen LogP contribution is 2.35. The Hall–Kier alpha value is -3.94. The fourth-order valence-electron chi connectivity index (χ4n) is 5.35. The Morgan fingerprint density at radius 3 is 2.64 bits per heavy atom. The van der Waals surface area contributed by atoms with Gasteiger partial charge in [-0.1, -0.05) is 11.2 Å². The molecule has 42 heavy (non-hydrogen) atoms. The summed E-state index contributed by atoms with van der Waals surface area (Å²) in [6, 6.07) is 5.99. The van der Waals surface area contributed by atoms with Crippen LogP contribution >= 0.6 is 0 Å². The van der Waals surface area contributed by atoms with Crippen LogP contribution in [0.2, 0.25) is 0 Å². The van der Waals surface area contributed by atoms with Gasteiger partial charge in [0.05, 0.1) is 41.1 Å². The molecular formula is C28H34F4N8O2. The summed E-state index contributed by atoms with van der Waals surface area (Å²) in [4.78, 5) is 19.0. The molecule has 5 rings (SSSR count). The first kappa shape index (κ1) is 29.5. The van der Waals surface area contributed by atoms with Crippen molar-refractivity contribution >= 4 is 22.5 Å². The van der Waals surface area contributed by atoms with Gasteiger partial charge in [0.15, 0.2) is 0 Å². The molecular weight excluding hydrogens is 556 g/mol. The van der Waals surface area contributed by atoms with E-state index in [4.69, 9.17) is 4.52 Å². The Balaban J connectivity index is 1.40. The summed E-state index contributed by atoms with van der Waals surface area (Å²) in [6.45, 7) is 7.26. The summed E-state index contributed by atoms with van der Waals surface area (Å²) in [6.07, 6.45) is -3.62. The van der Waals surface area contributed by atoms with Crippen LogP contribution in [0, 0.1) is 6.92 Å². The minimum atomic E-state index is -4.53. The number of likely N-dealkylation sites (tertiary alicyclic amines) is 1. The predicted molar refractivity (Wildman–Crippen MR) is 149 cm³/mol. The molecule has 0 bridgehead atoms. The van der Waals surface area contributed by atoms with E-state index in [1.165, 1.54) is 6.20 Å². The third-order valence-corrected chi connectivity index (χ3v) is 7.36. The first-order valence-corrected chi connectivity index (χ1v) is 13.7. The van der Waals surface area contributed by atoms with Crippen LogP contribution in [0.3, 0.4) is 0 Å². The lowest BCUT2D eigenvalue weighted by Gasteiger charge is -2.33. The van der Waals surface area contributed by atoms with Crippen LogP contribution in [-0.2, 0) is 18.6 Å². The zero-order valence-corrected chi connectivity index (χ0v) is 24.1. The Bertz CT molecular complexity index is 1580. The number of rotatable bonds is 7. The van der Waals surface area contributed by atoms with E-state index >= 15 is 0 Å². The number of alkyl halides is 4. The SMILES string of the molecule is Cc1c(C(=O)NCc2nc(-c3cc4c(N[C@@H]5CCN(C)C[C@@H]5F)cccc4n3CC(F)(F)F)no2)cnn1C(C)(C)C. The van der Waals surface area contributed by atoms with Crippen molar-refractivity contribution in [3.8, 4) is 11.5 Å². The second-order valence-electron chi connectivity index (χ2n) is 11.7. The first-order chi connectivity index (χ1) is 19.7. The summed E-state index contributed by atoms with van der Waals surface area (Å²) in [5, 5.41) is 14.6. The largest absolute Gasteiger partial charge is 0.406 e. The molecule has 1 aromatic carbocycles. The van der Waals surface area contributed by atoms with Crippen LogP contribution in [0.4, 0.5) is 23.2 Å². The average molecular weight is 591 g/mol. The smallest absolute Gasteiger partial charge is 0.379 e. The van der Waals surface area contributed by atoms with E-state index in [-0.39, 0.29) is 36.0 Å². The number of hydrogen-bond acceptors (Lipinski definition) is 7. The van der Waals surface area contributed by atoms with Crippen LogP contribution in [0.25, 0.3) is 22.4 Å². The molecule has 1 saturated heterocycles. The van der Waals surface area contributed by atoms with Gasteiger partial charge in [0.1, 0.15) is 12.7 Å². The summed E-state index contributed by atoms with van der Waals surface area (Å²) in [5.74, 6) is -0.442. The van der Waals surface area contributed by atoms with Gasteiger partial charge in [-0.2, -0.15) is 23.3 Å². The van der Waals surface area contributed by atoms with Gasteiger partial charge in [0, 0.05) is 29.9 Å². The molecule has 4 aromatic rings. The second-order valence-corrected chi connectivity index (χ2v) is 11.7. The third kappa shape index (κ3) is 6.13. The topological polar surface area (TPSA) is 106 Å². The number of carbonyl (C=O) groups is 1. The van der Waals surface area contributed by atoms with E-state index < -0.39 is 30.8 Å². The molecule has 14 heteroatoms. The summed E-state index contributed by atoms with van der Waals surface area (Å²) in [7, 11) is 1.85. The lowest BCUT2D eigenvalue weighted by atomic mass is 10.0. The van der Waals surface area contributed by atoms with E-state index in [9.17, 15) is 22.4 Å². The molecule has 0 spiro atoms. The zero-order valence-electron chi connectivity index (χ0n) is 24.1. The zero-order chi connectivity index (χ0) is 30.4. The summed E-state index contributed by atoms with van der Waals surface area (Å²) in [5.41, 5.74) is 1.66. The minimum absolute atomic E-state index is 0.0213. The molecule has 1 amide bonds. The lowest BCUT2D eigenvalue weighted by Crippen LogP contribution is -2.46. The third-order valence-electron chi connectivity index (χ3n) is 7.36. The average Bonchev–Trinajstić information content (AvgIpc) is 3.61. The molecule has 10 nitrogen and oxygen atoms in total. The van der Waals surface area contributed by atoms with Gasteiger partial charge < -0.3 is 24.6 Å². The van der Waals surface area contributed by atoms with Crippen LogP contribution in [0.15, 0.2) is 35.0 Å². The quantitative estimate of drug-likeness (QED) is 0.295. The fourth-order valence-corrected chi connectivity index (χ4v) is 5.35. The maximum Gasteiger partial charge on any atom is 0.406 e. The molecule has 1 aliphatic heterocycles. The standard InChI is InChI=1S/C28H34F4N8O2/c1-16-18(12-34-40(16)27(2,3)4)26(41)33-13-24-36-25(37-42-24)23-11-17-20(35-21-9-10-38(5)14-19(21)29)7-6-8-22(17)39(23)15-28(30,31)32/h6-8,11-12,19,21,35H,9-10,13-15H2,1-5H3,(H,33,41)/t19-,21+/m0/s1. The van der Waals surface area contributed by atoms with Crippen molar-refractivity contribution in [1.82, 2.24) is 34.7 Å². The molecule has 226 valence electrons. The molecule has 2 atom stereocenters. The van der Waals surface area contributed by atoms with Gasteiger partial charge in [0.2, 0.25) is 11.7 Å². The van der Waals surface area contributed by atoms with Crippen LogP contribution in [0.1, 0.15) is 49.1 Å². The van der Waals surface area contributed by atoms with Gasteiger partial charge in [-0.3, -0.25) is 9.48 Å². The van der Waals surface area contributed by atoms with E-state index in [1.807, 2.05) is 32.7 Å². The number of piperidine rings is 1. The van der Waals surface area contributed by atoms with Gasteiger partial charge in [0.25, 0.3) is 5.91 Å². The Kier molecular flexibility index (Phi) is 7.77. The van der Waals surface area contributed by atoms with Crippen LogP contribution in [-0.4, -0.2) is 73.8 Å². The van der Waals surface area contributed by atoms with Crippen LogP contribution in [0.5, 0.6) is 0 Å². The summed E-state index contributed by atoms with van der Waals surface area (Å²) >= 11 is 0. The van der Waals surface area contributed by atoms with Crippen molar-refractivity contribution in [3.05, 3.63) is 47.6 Å². The minimum Gasteiger partial charge on any atom is -0.379 e. The van der Waals surface area contributed by atoms with Crippen molar-refractivity contribution in [3.63, 3.8) is 0 Å². The molecule has 0 radical (unpaired) electrons. The van der Waals surface area contributed by atoms with E-state index in [0.29, 0.717) is 40.8 Å². The van der Waals surface area contributed by atoms with Gasteiger partial charge in [-0.15, -0.1) is 0 Å². The Morgan fingerprint density at radius 1 is 1.21 bits per heavy atom. The van der Waals surface area contributed by atoms with Gasteiger partial charge in [-0.05, 0) is 59.4 Å². The van der Waals surface area contributed by atoms with Crippen molar-refractivity contribution < 1.29 is 26.9 Å². The molecule has 0 unspecified atom stereocenters. The highest BCUT2D eigenvalue weighted by atomic mass is 19.4. The number of fused-ring (bicyclic) bond motifs is 1. The number of nitrogens with one attached hydrogen (secondary N) is 2. The molecule has 0 aliphatic carbocycles. The van der Waals surface area contributed by atoms with E-state index in [2.05, 4.69) is 25.9 Å². The fraction of sp³-hybridized carbons (Fsp3) is 0.500. The number of nitrogens with zero attached hydrogens (tertiary/aromatic N) is 6. The number of hydrogen-bond donors (Lipinski definition) is 2. The molecule has 0 saturated carbocycles. The highest BCUT2D eigenvalue weighted by Gasteiger charge is 2.32. The van der Waals surface area contributed by atoms with Crippen molar-refractivity contribution in [2.24, 2.45) is 0 Å². The van der Waals surface area contributed by atoms with Crippen LogP contribution < -0.4 is 10.6 Å². The Labute approximate surface area is 240 Å². The Morgan fingerprint density at radius 2 is 1.98 bits per heavy atom. The van der Waals surface area contributed by atoms with Gasteiger partial charge >= 0.3 is 6.18 Å². The van der Waals surface area contributed by atoms with Crippen molar-refractivity contribution in [1.29, 1.82) is 0 Å². The molecule has 1 aliphatic rings. The van der Waals surface area contributed by atoms with E-state index in [0.717, 1.165) is 4.57 Å². The first-order valence-electron chi connectivity index (χ1n) is 13.7. The second kappa shape index (κ2) is 11.0. The molecule has 3 aromatic heterocycles. The monoisotopic (exact) mass is 590 g/mol. The van der Waals surface area contributed by atoms with E-state index in [1.54, 1.807) is 35.9 Å². The predicted octanol–water partition coefficient (Wildman–Crippen LogP) is 4.90. The molecule has 4 heterocycles. The number of aromatic nitrogens is 5. The maximum atomic E-state index is 14.7. The number of benzene rings is 1. The normalized spacial score (nSPS) is 18.5. The number of anilines is 1. The van der Waals surface area contributed by atoms with Gasteiger partial charge in [-0.25, -0.2) is 4.39 Å². The number of carbonyl (C=O) groups excluding carboxylic acids is 1. The van der Waals surface area contributed by atoms with Crippen molar-refractivity contribution in [2.75, 3.05) is 25.5 Å². The number of halogens is 4. The maximum absolute atomic E-state index is 14.7. The molecule has 1 fully saturated rings. The highest BCUT2D eigenvalue weighted by molar-refractivity contribution is 5.96. The molecule has 2 N–H and O–H groups in total. The lowest BCUT2D eigenvalue weighted by molar-refractivity contribution is -0.139.